The number of hydrogen-bond acceptors (Lipinski definition) is 6. The van der Waals surface area contributed by atoms with Gasteiger partial charge in [-0.25, -0.2) is 0 Å². The van der Waals surface area contributed by atoms with E-state index in [1.165, 1.54) is 9.77 Å². The molecule has 19 heavy (non-hydrogen) atoms. The molecule has 0 atom stereocenters. The van der Waals surface area contributed by atoms with Gasteiger partial charge in [0.2, 0.25) is 0 Å². The second-order valence-electron chi connectivity index (χ2n) is 3.64. The van der Waals surface area contributed by atoms with Gasteiger partial charge in [0.05, 0.1) is 4.21 Å². The number of ketones is 1. The molecule has 0 fully saturated rings. The third-order valence-electron chi connectivity index (χ3n) is 2.37. The summed E-state index contributed by atoms with van der Waals surface area (Å²) in [6.07, 6.45) is 4.96. The molecule has 0 bridgehead atoms. The molecule has 0 saturated carbocycles. The average molecular weight is 318 g/mol. The highest BCUT2D eigenvalue weighted by molar-refractivity contribution is 8.25. The van der Waals surface area contributed by atoms with Crippen LogP contribution in [0.1, 0.15) is 28.8 Å². The summed E-state index contributed by atoms with van der Waals surface area (Å²) in [5.74, 6) is 0.341. The summed E-state index contributed by atoms with van der Waals surface area (Å²) in [6, 6.07) is 0. The topological polar surface area (TPSA) is 103 Å². The summed E-state index contributed by atoms with van der Waals surface area (Å²) < 4.78 is 1.33. The van der Waals surface area contributed by atoms with Crippen LogP contribution in [0, 0.1) is 0 Å². The lowest BCUT2D eigenvalue weighted by Crippen LogP contribution is -2.11. The van der Waals surface area contributed by atoms with Gasteiger partial charge in [-0.1, -0.05) is 0 Å². The molecule has 1 aliphatic rings. The zero-order valence-corrected chi connectivity index (χ0v) is 12.8. The Balaban J connectivity index is 0.000000224. The Morgan fingerprint density at radius 2 is 1.89 bits per heavy atom. The number of Topliss-reactive ketones (excluding diaryl/α,β-unsaturated/α-hetero) is 1. The molecule has 0 saturated heterocycles. The fraction of sp³-hybridized carbons (Fsp3) is 0.364. The van der Waals surface area contributed by atoms with Crippen LogP contribution in [0.5, 0.6) is 0 Å². The van der Waals surface area contributed by atoms with Gasteiger partial charge in [0.15, 0.2) is 5.78 Å². The molecule has 2 rings (SSSR count). The van der Waals surface area contributed by atoms with Gasteiger partial charge in [-0.2, -0.15) is 0 Å². The second-order valence-corrected chi connectivity index (χ2v) is 6.60. The Morgan fingerprint density at radius 3 is 2.37 bits per heavy atom. The van der Waals surface area contributed by atoms with Crippen LogP contribution in [0.15, 0.2) is 9.59 Å². The summed E-state index contributed by atoms with van der Waals surface area (Å²) in [5.41, 5.74) is 11.3. The number of carbonyl (C=O) groups excluding carboxylic acids is 3. The van der Waals surface area contributed by atoms with Crippen molar-refractivity contribution in [2.24, 2.45) is 11.5 Å². The van der Waals surface area contributed by atoms with Crippen molar-refractivity contribution >= 4 is 51.1 Å². The summed E-state index contributed by atoms with van der Waals surface area (Å²) in [7, 11) is 0. The Hall–Kier alpha value is -0.990. The zero-order chi connectivity index (χ0) is 14.4. The maximum atomic E-state index is 11.4. The van der Waals surface area contributed by atoms with Crippen molar-refractivity contribution in [2.45, 2.75) is 23.5 Å². The maximum absolute atomic E-state index is 11.4. The molecule has 0 unspecified atom stereocenters. The normalized spacial score (nSPS) is 13.2. The molecule has 5 nitrogen and oxygen atoms in total. The Bertz CT molecular complexity index is 487. The van der Waals surface area contributed by atoms with Crippen molar-refractivity contribution in [3.8, 4) is 0 Å². The van der Waals surface area contributed by atoms with Crippen LogP contribution in [0.4, 0.5) is 9.59 Å². The van der Waals surface area contributed by atoms with Crippen LogP contribution in [0.3, 0.4) is 0 Å². The number of thioether (sulfide) groups is 2. The number of carbonyl (C=O) groups is 3. The molecule has 0 spiro atoms. The Kier molecular flexibility index (Phi) is 6.40. The first-order chi connectivity index (χ1) is 8.95. The lowest BCUT2D eigenvalue weighted by molar-refractivity contribution is 0.0972. The summed E-state index contributed by atoms with van der Waals surface area (Å²) in [4.78, 5) is 30.8. The molecule has 1 aliphatic carbocycles. The molecular formula is C11H14N2O3S3. The smallest absolute Gasteiger partial charge is 0.285 e. The highest BCUT2D eigenvalue weighted by Gasteiger charge is 2.20. The highest BCUT2D eigenvalue weighted by atomic mass is 32.2. The van der Waals surface area contributed by atoms with Gasteiger partial charge in [-0.15, -0.1) is 23.1 Å². The minimum absolute atomic E-state index is 0.287. The molecule has 2 amide bonds. The standard InChI is InChI=1S/C9H10OS2.C2H4N2O2S/c1-11-9-6-3-2-4-8(10)7(6)5-12-9;3-1(5)7-2(4)6/h5H,2-4H2,1H3;(H2,3,5)(H2,4,6). The molecular weight excluding hydrogens is 304 g/mol. The monoisotopic (exact) mass is 318 g/mol. The minimum atomic E-state index is -0.771. The molecule has 8 heteroatoms. The van der Waals surface area contributed by atoms with Gasteiger partial charge in [0.25, 0.3) is 10.5 Å². The molecule has 0 aromatic carbocycles. The first-order valence-corrected chi connectivity index (χ1v) is 8.32. The maximum Gasteiger partial charge on any atom is 0.285 e. The number of thiophene rings is 1. The molecule has 0 aliphatic heterocycles. The number of amides is 2. The van der Waals surface area contributed by atoms with Gasteiger partial charge in [-0.3, -0.25) is 14.4 Å². The lowest BCUT2D eigenvalue weighted by atomic mass is 9.95. The first kappa shape index (κ1) is 16.1. The van der Waals surface area contributed by atoms with Crippen molar-refractivity contribution in [1.82, 2.24) is 0 Å². The molecule has 0 radical (unpaired) electrons. The van der Waals surface area contributed by atoms with E-state index in [1.807, 2.05) is 5.38 Å². The molecule has 104 valence electrons. The fourth-order valence-electron chi connectivity index (χ4n) is 1.67. The van der Waals surface area contributed by atoms with Crippen molar-refractivity contribution < 1.29 is 14.4 Å². The number of rotatable bonds is 1. The second kappa shape index (κ2) is 7.56. The van der Waals surface area contributed by atoms with Crippen LogP contribution in [0.2, 0.25) is 0 Å². The van der Waals surface area contributed by atoms with Crippen LogP contribution in [-0.2, 0) is 6.42 Å². The summed E-state index contributed by atoms with van der Waals surface area (Å²) >= 11 is 3.76. The zero-order valence-electron chi connectivity index (χ0n) is 10.3. The van der Waals surface area contributed by atoms with Gasteiger partial charge in [0.1, 0.15) is 0 Å². The number of primary amides is 2. The van der Waals surface area contributed by atoms with E-state index in [-0.39, 0.29) is 11.8 Å². The molecule has 1 aromatic rings. The van der Waals surface area contributed by atoms with Crippen molar-refractivity contribution in [2.75, 3.05) is 6.26 Å². The fourth-order valence-corrected chi connectivity index (χ4v) is 3.71. The third kappa shape index (κ3) is 4.88. The van der Waals surface area contributed by atoms with Crippen molar-refractivity contribution in [3.63, 3.8) is 0 Å². The van der Waals surface area contributed by atoms with Crippen LogP contribution >= 0.6 is 34.9 Å². The lowest BCUT2D eigenvalue weighted by Gasteiger charge is -2.10. The first-order valence-electron chi connectivity index (χ1n) is 5.40. The van der Waals surface area contributed by atoms with Gasteiger partial charge in [0, 0.05) is 29.1 Å². The number of hydrogen-bond donors (Lipinski definition) is 2. The van der Waals surface area contributed by atoms with Gasteiger partial charge >= 0.3 is 0 Å². The number of nitrogens with two attached hydrogens (primary N) is 2. The van der Waals surface area contributed by atoms with E-state index in [0.29, 0.717) is 5.78 Å². The Labute approximate surface area is 123 Å². The minimum Gasteiger partial charge on any atom is -0.360 e. The predicted octanol–water partition coefficient (Wildman–Crippen LogP) is 2.87. The summed E-state index contributed by atoms with van der Waals surface area (Å²) in [5, 5.41) is 0.475. The van der Waals surface area contributed by atoms with E-state index in [9.17, 15) is 14.4 Å². The van der Waals surface area contributed by atoms with E-state index in [4.69, 9.17) is 0 Å². The van der Waals surface area contributed by atoms with Crippen molar-refractivity contribution in [1.29, 1.82) is 0 Å². The molecule has 1 heterocycles. The quantitative estimate of drug-likeness (QED) is 0.775. The SMILES string of the molecule is CSc1scc2c1CCCC2=O.NC(=O)SC(N)=O. The third-order valence-corrected chi connectivity index (χ3v) is 5.00. The van der Waals surface area contributed by atoms with E-state index in [0.717, 1.165) is 24.8 Å². The number of fused-ring (bicyclic) bond motifs is 1. The van der Waals surface area contributed by atoms with Crippen LogP contribution < -0.4 is 11.5 Å². The van der Waals surface area contributed by atoms with E-state index in [2.05, 4.69) is 17.7 Å². The van der Waals surface area contributed by atoms with Gasteiger partial charge in [-0.05, 0) is 24.7 Å². The van der Waals surface area contributed by atoms with Crippen LogP contribution in [-0.4, -0.2) is 22.5 Å². The van der Waals surface area contributed by atoms with Crippen molar-refractivity contribution in [3.05, 3.63) is 16.5 Å². The van der Waals surface area contributed by atoms with Crippen LogP contribution in [0.25, 0.3) is 0 Å². The van der Waals surface area contributed by atoms with Gasteiger partial charge < -0.3 is 11.5 Å². The van der Waals surface area contributed by atoms with E-state index in [1.54, 1.807) is 23.1 Å². The Morgan fingerprint density at radius 1 is 1.26 bits per heavy atom. The predicted molar refractivity (Wildman–Crippen MR) is 80.1 cm³/mol. The van der Waals surface area contributed by atoms with E-state index < -0.39 is 10.5 Å². The van der Waals surface area contributed by atoms with E-state index >= 15 is 0 Å². The summed E-state index contributed by atoms with van der Waals surface area (Å²) in [6.45, 7) is 0. The average Bonchev–Trinajstić information content (AvgIpc) is 2.72. The highest BCUT2D eigenvalue weighted by Crippen LogP contribution is 2.35. The largest absolute Gasteiger partial charge is 0.360 e. The molecule has 4 N–H and O–H groups in total. The molecule has 1 aromatic heterocycles.